The number of carbonyl (C=O) groups excluding carboxylic acids is 1. The summed E-state index contributed by atoms with van der Waals surface area (Å²) in [7, 11) is 4.78. The lowest BCUT2D eigenvalue weighted by Gasteiger charge is -2.18. The largest absolute Gasteiger partial charge is 0.332 e. The highest BCUT2D eigenvalue weighted by atomic mass is 32.2. The van der Waals surface area contributed by atoms with Gasteiger partial charge < -0.3 is 4.90 Å². The number of thioether (sulfide) groups is 1. The van der Waals surface area contributed by atoms with Crippen LogP contribution in [0.15, 0.2) is 44.9 Å². The summed E-state index contributed by atoms with van der Waals surface area (Å²) < 4.78 is 2.45. The summed E-state index contributed by atoms with van der Waals surface area (Å²) in [6.45, 7) is 0. The summed E-state index contributed by atoms with van der Waals surface area (Å²) in [5, 5.41) is 0.740. The van der Waals surface area contributed by atoms with E-state index in [2.05, 4.69) is 4.98 Å². The van der Waals surface area contributed by atoms with Gasteiger partial charge in [-0.15, -0.1) is 0 Å². The van der Waals surface area contributed by atoms with Crippen LogP contribution in [0.5, 0.6) is 0 Å². The van der Waals surface area contributed by atoms with Gasteiger partial charge in [-0.1, -0.05) is 42.8 Å². The highest BCUT2D eigenvalue weighted by Crippen LogP contribution is 2.34. The molecule has 9 heteroatoms. The van der Waals surface area contributed by atoms with E-state index >= 15 is 0 Å². The molecule has 4 rings (SSSR count). The number of benzene rings is 1. The van der Waals surface area contributed by atoms with Gasteiger partial charge in [0, 0.05) is 32.7 Å². The number of anilines is 1. The summed E-state index contributed by atoms with van der Waals surface area (Å²) in [5.41, 5.74) is 0.258. The van der Waals surface area contributed by atoms with E-state index < -0.39 is 11.2 Å². The van der Waals surface area contributed by atoms with Crippen LogP contribution in [-0.2, 0) is 18.9 Å². The average molecular weight is 440 g/mol. The summed E-state index contributed by atoms with van der Waals surface area (Å²) in [6.07, 6.45) is 4.21. The second kappa shape index (κ2) is 8.66. The summed E-state index contributed by atoms with van der Waals surface area (Å²) >= 11 is 1.22. The minimum atomic E-state index is -0.442. The summed E-state index contributed by atoms with van der Waals surface area (Å²) in [6, 6.07) is 9.39. The highest BCUT2D eigenvalue weighted by Gasteiger charge is 2.25. The molecule has 2 heterocycles. The third kappa shape index (κ3) is 4.01. The van der Waals surface area contributed by atoms with Crippen molar-refractivity contribution in [2.75, 3.05) is 17.7 Å². The second-order valence-corrected chi connectivity index (χ2v) is 8.81. The molecule has 0 spiro atoms. The number of fused-ring (bicyclic) bond motifs is 1. The van der Waals surface area contributed by atoms with Crippen molar-refractivity contribution in [1.29, 1.82) is 0 Å². The monoisotopic (exact) mass is 439 g/mol. The molecule has 8 nitrogen and oxygen atoms in total. The molecule has 1 aliphatic rings. The molecule has 3 aromatic rings. The SMILES string of the molecule is CN(C(=O)CSc1nc(C2CCCC2)nc2c1c(=O)n(C)c(=O)n2C)c1ccccc1. The zero-order chi connectivity index (χ0) is 22.1. The predicted molar refractivity (Wildman–Crippen MR) is 122 cm³/mol. The van der Waals surface area contributed by atoms with Gasteiger partial charge in [0.2, 0.25) is 5.91 Å². The minimum absolute atomic E-state index is 0.105. The lowest BCUT2D eigenvalue weighted by molar-refractivity contribution is -0.115. The standard InChI is InChI=1S/C22H25N5O3S/c1-25(15-11-5-4-6-12-15)16(28)13-31-20-17-19(26(2)22(30)27(3)21(17)29)23-18(24-20)14-9-7-8-10-14/h4-6,11-12,14H,7-10,13H2,1-3H3. The number of para-hydroxylation sites is 1. The van der Waals surface area contributed by atoms with Crippen molar-refractivity contribution < 1.29 is 4.79 Å². The third-order valence-electron chi connectivity index (χ3n) is 5.85. The molecule has 0 N–H and O–H groups in total. The first-order valence-corrected chi connectivity index (χ1v) is 11.3. The fourth-order valence-corrected chi connectivity index (χ4v) is 4.87. The number of amides is 1. The molecule has 162 valence electrons. The van der Waals surface area contributed by atoms with Gasteiger partial charge in [-0.3, -0.25) is 18.7 Å². The zero-order valence-electron chi connectivity index (χ0n) is 17.9. The topological polar surface area (TPSA) is 90.1 Å². The van der Waals surface area contributed by atoms with E-state index in [1.165, 1.54) is 23.4 Å². The third-order valence-corrected chi connectivity index (χ3v) is 6.81. The molecular formula is C22H25N5O3S. The van der Waals surface area contributed by atoms with Gasteiger partial charge in [0.05, 0.1) is 5.75 Å². The first-order chi connectivity index (χ1) is 14.9. The molecule has 0 bridgehead atoms. The van der Waals surface area contributed by atoms with E-state index in [1.54, 1.807) is 19.0 Å². The molecule has 2 aromatic heterocycles. The van der Waals surface area contributed by atoms with Crippen molar-refractivity contribution in [3.63, 3.8) is 0 Å². The number of nitrogens with zero attached hydrogens (tertiary/aromatic N) is 5. The summed E-state index contributed by atoms with van der Waals surface area (Å²) in [5.74, 6) is 0.880. The Kier molecular flexibility index (Phi) is 5.95. The molecule has 1 fully saturated rings. The second-order valence-electron chi connectivity index (χ2n) is 7.85. The molecule has 1 aliphatic carbocycles. The van der Waals surface area contributed by atoms with Crippen molar-refractivity contribution in [2.45, 2.75) is 36.6 Å². The normalized spacial score (nSPS) is 14.3. The van der Waals surface area contributed by atoms with Gasteiger partial charge >= 0.3 is 5.69 Å². The Bertz CT molecular complexity index is 1250. The van der Waals surface area contributed by atoms with Gasteiger partial charge in [0.1, 0.15) is 16.2 Å². The Morgan fingerprint density at radius 3 is 2.45 bits per heavy atom. The Labute approximate surface area is 183 Å². The van der Waals surface area contributed by atoms with E-state index in [0.717, 1.165) is 35.9 Å². The fraction of sp³-hybridized carbons (Fsp3) is 0.409. The number of hydrogen-bond donors (Lipinski definition) is 0. The van der Waals surface area contributed by atoms with Crippen molar-refractivity contribution in [3.8, 4) is 0 Å². The summed E-state index contributed by atoms with van der Waals surface area (Å²) in [4.78, 5) is 49.1. The van der Waals surface area contributed by atoms with E-state index in [0.29, 0.717) is 16.5 Å². The number of hydrogen-bond acceptors (Lipinski definition) is 6. The van der Waals surface area contributed by atoms with E-state index in [-0.39, 0.29) is 23.0 Å². The van der Waals surface area contributed by atoms with Crippen LogP contribution in [-0.4, -0.2) is 37.8 Å². The van der Waals surface area contributed by atoms with Crippen LogP contribution < -0.4 is 16.1 Å². The maximum Gasteiger partial charge on any atom is 0.332 e. The van der Waals surface area contributed by atoms with Crippen LogP contribution in [0.3, 0.4) is 0 Å². The molecule has 0 radical (unpaired) electrons. The Balaban J connectivity index is 1.74. The van der Waals surface area contributed by atoms with Gasteiger partial charge in [-0.05, 0) is 25.0 Å². The minimum Gasteiger partial charge on any atom is -0.315 e. The fourth-order valence-electron chi connectivity index (χ4n) is 3.94. The van der Waals surface area contributed by atoms with E-state index in [4.69, 9.17) is 4.98 Å². The highest BCUT2D eigenvalue weighted by molar-refractivity contribution is 8.00. The van der Waals surface area contributed by atoms with Crippen LogP contribution in [0, 0.1) is 0 Å². The number of rotatable bonds is 5. The quantitative estimate of drug-likeness (QED) is 0.448. The molecule has 1 amide bonds. The van der Waals surface area contributed by atoms with Crippen molar-refractivity contribution in [2.24, 2.45) is 14.1 Å². The molecule has 0 aliphatic heterocycles. The molecule has 1 aromatic carbocycles. The van der Waals surface area contributed by atoms with Crippen LogP contribution in [0.1, 0.15) is 37.4 Å². The van der Waals surface area contributed by atoms with Crippen molar-refractivity contribution >= 4 is 34.4 Å². The molecule has 1 saturated carbocycles. The first kappa shape index (κ1) is 21.3. The maximum atomic E-state index is 12.9. The van der Waals surface area contributed by atoms with Crippen LogP contribution in [0.25, 0.3) is 11.0 Å². The lowest BCUT2D eigenvalue weighted by Crippen LogP contribution is -2.38. The van der Waals surface area contributed by atoms with E-state index in [9.17, 15) is 14.4 Å². The average Bonchev–Trinajstić information content (AvgIpc) is 3.34. The smallest absolute Gasteiger partial charge is 0.315 e. The Morgan fingerprint density at radius 1 is 1.10 bits per heavy atom. The molecular weight excluding hydrogens is 414 g/mol. The number of aryl methyl sites for hydroxylation is 1. The lowest BCUT2D eigenvalue weighted by atomic mass is 10.1. The molecule has 0 atom stereocenters. The molecule has 0 unspecified atom stereocenters. The Hall–Kier alpha value is -2.94. The maximum absolute atomic E-state index is 12.9. The number of aromatic nitrogens is 4. The molecule has 31 heavy (non-hydrogen) atoms. The predicted octanol–water partition coefficient (Wildman–Crippen LogP) is 2.44. The van der Waals surface area contributed by atoms with Gasteiger partial charge in [0.25, 0.3) is 5.56 Å². The van der Waals surface area contributed by atoms with Crippen molar-refractivity contribution in [3.05, 3.63) is 57.0 Å². The number of carbonyl (C=O) groups is 1. The first-order valence-electron chi connectivity index (χ1n) is 10.3. The Morgan fingerprint density at radius 2 is 1.77 bits per heavy atom. The van der Waals surface area contributed by atoms with Crippen molar-refractivity contribution in [1.82, 2.24) is 19.1 Å². The molecule has 0 saturated heterocycles. The van der Waals surface area contributed by atoms with Crippen LogP contribution in [0.4, 0.5) is 5.69 Å². The van der Waals surface area contributed by atoms with Crippen LogP contribution >= 0.6 is 11.8 Å². The van der Waals surface area contributed by atoms with Crippen LogP contribution in [0.2, 0.25) is 0 Å². The van der Waals surface area contributed by atoms with Gasteiger partial charge in [-0.25, -0.2) is 14.8 Å². The van der Waals surface area contributed by atoms with Gasteiger partial charge in [0.15, 0.2) is 5.65 Å². The van der Waals surface area contributed by atoms with E-state index in [1.807, 2.05) is 30.3 Å². The van der Waals surface area contributed by atoms with Gasteiger partial charge in [-0.2, -0.15) is 0 Å². The zero-order valence-corrected chi connectivity index (χ0v) is 18.7.